The molecular formula is C18H30N2. The summed E-state index contributed by atoms with van der Waals surface area (Å²) in [4.78, 5) is 2.69. The van der Waals surface area contributed by atoms with Crippen molar-refractivity contribution >= 4 is 0 Å². The average Bonchev–Trinajstić information content (AvgIpc) is 2.75. The second-order valence-electron chi connectivity index (χ2n) is 7.09. The zero-order valence-electron chi connectivity index (χ0n) is 13.5. The van der Waals surface area contributed by atoms with Crippen LogP contribution in [0, 0.1) is 5.92 Å². The number of hydrogen-bond acceptors (Lipinski definition) is 2. The minimum Gasteiger partial charge on any atom is -0.315 e. The zero-order valence-corrected chi connectivity index (χ0v) is 13.5. The fourth-order valence-corrected chi connectivity index (χ4v) is 3.30. The second-order valence-corrected chi connectivity index (χ2v) is 7.09. The van der Waals surface area contributed by atoms with Crippen molar-refractivity contribution in [2.75, 3.05) is 19.6 Å². The molecule has 112 valence electrons. The normalized spacial score (nSPS) is 20.4. The third-order valence-electron chi connectivity index (χ3n) is 4.42. The number of hydrogen-bond donors (Lipinski definition) is 1. The molecule has 2 heteroatoms. The molecule has 2 rings (SSSR count). The quantitative estimate of drug-likeness (QED) is 0.847. The first kappa shape index (κ1) is 15.5. The van der Waals surface area contributed by atoms with Gasteiger partial charge in [0.1, 0.15) is 0 Å². The Bertz CT molecular complexity index is 397. The highest BCUT2D eigenvalue weighted by Crippen LogP contribution is 2.36. The van der Waals surface area contributed by atoms with Crippen LogP contribution in [0.25, 0.3) is 0 Å². The van der Waals surface area contributed by atoms with Gasteiger partial charge in [-0.05, 0) is 51.3 Å². The van der Waals surface area contributed by atoms with E-state index in [2.05, 4.69) is 68.2 Å². The molecule has 0 amide bonds. The van der Waals surface area contributed by atoms with Gasteiger partial charge in [-0.1, -0.05) is 44.2 Å². The molecule has 0 spiro atoms. The lowest BCUT2D eigenvalue weighted by atomic mass is 9.97. The Balaban J connectivity index is 2.12. The summed E-state index contributed by atoms with van der Waals surface area (Å²) in [5, 5.41) is 3.66. The Hall–Kier alpha value is -0.860. The summed E-state index contributed by atoms with van der Waals surface area (Å²) >= 11 is 0. The molecule has 20 heavy (non-hydrogen) atoms. The van der Waals surface area contributed by atoms with Crippen molar-refractivity contribution in [1.82, 2.24) is 10.2 Å². The number of likely N-dealkylation sites (tertiary alicyclic amines) is 1. The van der Waals surface area contributed by atoms with Crippen molar-refractivity contribution in [2.24, 2.45) is 5.92 Å². The van der Waals surface area contributed by atoms with E-state index < -0.39 is 0 Å². The summed E-state index contributed by atoms with van der Waals surface area (Å²) in [5.74, 6) is 0.706. The van der Waals surface area contributed by atoms with Gasteiger partial charge in [0, 0.05) is 18.1 Å². The van der Waals surface area contributed by atoms with Crippen LogP contribution in [0.5, 0.6) is 0 Å². The van der Waals surface area contributed by atoms with E-state index in [9.17, 15) is 0 Å². The lowest BCUT2D eigenvalue weighted by molar-refractivity contribution is 0.113. The molecule has 2 nitrogen and oxygen atoms in total. The van der Waals surface area contributed by atoms with Gasteiger partial charge in [-0.3, -0.25) is 4.90 Å². The molecule has 1 N–H and O–H groups in total. The first-order valence-electron chi connectivity index (χ1n) is 8.03. The van der Waals surface area contributed by atoms with Gasteiger partial charge in [0.25, 0.3) is 0 Å². The van der Waals surface area contributed by atoms with Gasteiger partial charge in [0.15, 0.2) is 0 Å². The maximum Gasteiger partial charge on any atom is 0.0477 e. The van der Waals surface area contributed by atoms with E-state index in [-0.39, 0.29) is 0 Å². The van der Waals surface area contributed by atoms with Gasteiger partial charge < -0.3 is 5.32 Å². The van der Waals surface area contributed by atoms with Crippen molar-refractivity contribution in [3.63, 3.8) is 0 Å². The fraction of sp³-hybridized carbons (Fsp3) is 0.667. The highest BCUT2D eigenvalue weighted by Gasteiger charge is 2.36. The molecule has 1 aromatic carbocycles. The molecule has 0 radical (unpaired) electrons. The summed E-state index contributed by atoms with van der Waals surface area (Å²) < 4.78 is 0. The van der Waals surface area contributed by atoms with Crippen LogP contribution in [-0.2, 0) is 0 Å². The highest BCUT2D eigenvalue weighted by atomic mass is 15.2. The Morgan fingerprint density at radius 3 is 2.40 bits per heavy atom. The topological polar surface area (TPSA) is 15.3 Å². The van der Waals surface area contributed by atoms with Crippen LogP contribution in [0.2, 0.25) is 0 Å². The van der Waals surface area contributed by atoms with Crippen LogP contribution >= 0.6 is 0 Å². The SMILES string of the molecule is CC(C)CNCC(c1ccccc1)N1CCCC1(C)C. The van der Waals surface area contributed by atoms with E-state index in [1.807, 2.05) is 0 Å². The predicted molar refractivity (Wildman–Crippen MR) is 86.9 cm³/mol. The van der Waals surface area contributed by atoms with Gasteiger partial charge in [0.2, 0.25) is 0 Å². The minimum absolute atomic E-state index is 0.319. The van der Waals surface area contributed by atoms with Gasteiger partial charge in [-0.2, -0.15) is 0 Å². The standard InChI is InChI=1S/C18H30N2/c1-15(2)13-19-14-17(16-9-6-5-7-10-16)20-12-8-11-18(20,3)4/h5-7,9-10,15,17,19H,8,11-14H2,1-4H3. The van der Waals surface area contributed by atoms with E-state index in [0.717, 1.165) is 13.1 Å². The molecule has 1 atom stereocenters. The maximum absolute atomic E-state index is 3.66. The van der Waals surface area contributed by atoms with Crippen LogP contribution < -0.4 is 5.32 Å². The average molecular weight is 274 g/mol. The van der Waals surface area contributed by atoms with Gasteiger partial charge in [-0.25, -0.2) is 0 Å². The smallest absolute Gasteiger partial charge is 0.0477 e. The van der Waals surface area contributed by atoms with Gasteiger partial charge in [0.05, 0.1) is 0 Å². The van der Waals surface area contributed by atoms with Crippen LogP contribution in [0.15, 0.2) is 30.3 Å². The van der Waals surface area contributed by atoms with Crippen molar-refractivity contribution in [1.29, 1.82) is 0 Å². The maximum atomic E-state index is 3.66. The summed E-state index contributed by atoms with van der Waals surface area (Å²) in [6.07, 6.45) is 2.63. The molecule has 1 saturated heterocycles. The summed E-state index contributed by atoms with van der Waals surface area (Å²) in [6, 6.07) is 11.5. The summed E-state index contributed by atoms with van der Waals surface area (Å²) in [7, 11) is 0. The predicted octanol–water partition coefficient (Wildman–Crippen LogP) is 3.85. The number of nitrogens with one attached hydrogen (secondary N) is 1. The molecule has 1 aliphatic heterocycles. The number of rotatable bonds is 6. The lowest BCUT2D eigenvalue weighted by Crippen LogP contribution is -2.44. The van der Waals surface area contributed by atoms with E-state index >= 15 is 0 Å². The molecule has 1 unspecified atom stereocenters. The molecule has 0 aromatic heterocycles. The van der Waals surface area contributed by atoms with Crippen molar-refractivity contribution in [3.05, 3.63) is 35.9 Å². The lowest BCUT2D eigenvalue weighted by Gasteiger charge is -2.39. The van der Waals surface area contributed by atoms with E-state index in [0.29, 0.717) is 17.5 Å². The van der Waals surface area contributed by atoms with Crippen molar-refractivity contribution in [3.8, 4) is 0 Å². The Kier molecular flexibility index (Phi) is 5.22. The number of benzene rings is 1. The molecule has 0 saturated carbocycles. The van der Waals surface area contributed by atoms with Crippen LogP contribution in [-0.4, -0.2) is 30.1 Å². The minimum atomic E-state index is 0.319. The first-order valence-corrected chi connectivity index (χ1v) is 8.03. The molecule has 1 heterocycles. The Labute approximate surface area is 124 Å². The molecular weight excluding hydrogens is 244 g/mol. The second kappa shape index (κ2) is 6.73. The van der Waals surface area contributed by atoms with Crippen molar-refractivity contribution < 1.29 is 0 Å². The zero-order chi connectivity index (χ0) is 14.6. The first-order chi connectivity index (χ1) is 9.50. The molecule has 1 fully saturated rings. The highest BCUT2D eigenvalue weighted by molar-refractivity contribution is 5.20. The molecule has 1 aliphatic rings. The van der Waals surface area contributed by atoms with Gasteiger partial charge >= 0.3 is 0 Å². The molecule has 0 bridgehead atoms. The monoisotopic (exact) mass is 274 g/mol. The largest absolute Gasteiger partial charge is 0.315 e. The number of nitrogens with zero attached hydrogens (tertiary/aromatic N) is 1. The third kappa shape index (κ3) is 3.83. The van der Waals surface area contributed by atoms with Crippen molar-refractivity contribution in [2.45, 2.75) is 52.1 Å². The third-order valence-corrected chi connectivity index (χ3v) is 4.42. The van der Waals surface area contributed by atoms with E-state index in [1.54, 1.807) is 0 Å². The summed E-state index contributed by atoms with van der Waals surface area (Å²) in [6.45, 7) is 12.7. The van der Waals surface area contributed by atoms with E-state index in [1.165, 1.54) is 24.9 Å². The summed E-state index contributed by atoms with van der Waals surface area (Å²) in [5.41, 5.74) is 1.76. The Morgan fingerprint density at radius 1 is 1.15 bits per heavy atom. The Morgan fingerprint density at radius 2 is 1.85 bits per heavy atom. The van der Waals surface area contributed by atoms with Crippen LogP contribution in [0.4, 0.5) is 0 Å². The molecule has 0 aliphatic carbocycles. The van der Waals surface area contributed by atoms with Crippen LogP contribution in [0.1, 0.15) is 52.1 Å². The van der Waals surface area contributed by atoms with Gasteiger partial charge in [-0.15, -0.1) is 0 Å². The fourth-order valence-electron chi connectivity index (χ4n) is 3.30. The molecule has 1 aromatic rings. The van der Waals surface area contributed by atoms with Crippen LogP contribution in [0.3, 0.4) is 0 Å². The van der Waals surface area contributed by atoms with E-state index in [4.69, 9.17) is 0 Å².